The van der Waals surface area contributed by atoms with E-state index in [1.807, 2.05) is 45.2 Å². The van der Waals surface area contributed by atoms with Gasteiger partial charge in [-0.2, -0.15) is 0 Å². The molecule has 9 heteroatoms. The maximum Gasteiger partial charge on any atom is 0.247 e. The van der Waals surface area contributed by atoms with E-state index in [1.54, 1.807) is 11.8 Å². The van der Waals surface area contributed by atoms with E-state index < -0.39 is 0 Å². The molecule has 0 fully saturated rings. The van der Waals surface area contributed by atoms with Gasteiger partial charge in [0.1, 0.15) is 0 Å². The highest BCUT2D eigenvalue weighted by atomic mass is 16.5. The van der Waals surface area contributed by atoms with Gasteiger partial charge in [-0.15, -0.1) is 15.3 Å². The zero-order valence-corrected chi connectivity index (χ0v) is 17.3. The second kappa shape index (κ2) is 7.94. The molecule has 30 heavy (non-hydrogen) atoms. The molecule has 1 N–H and O–H groups in total. The van der Waals surface area contributed by atoms with E-state index in [0.29, 0.717) is 30.3 Å². The number of aromatic nitrogens is 5. The number of fused-ring (bicyclic) bond motifs is 1. The van der Waals surface area contributed by atoms with Crippen molar-refractivity contribution in [2.75, 3.05) is 12.4 Å². The zero-order valence-electron chi connectivity index (χ0n) is 17.3. The summed E-state index contributed by atoms with van der Waals surface area (Å²) in [6.45, 7) is 3.97. The lowest BCUT2D eigenvalue weighted by molar-refractivity contribution is -0.116. The number of anilines is 1. The number of rotatable bonds is 6. The summed E-state index contributed by atoms with van der Waals surface area (Å²) in [5.41, 5.74) is 5.24. The van der Waals surface area contributed by atoms with Crippen molar-refractivity contribution in [1.29, 1.82) is 0 Å². The van der Waals surface area contributed by atoms with E-state index >= 15 is 0 Å². The Kier molecular flexibility index (Phi) is 5.18. The van der Waals surface area contributed by atoms with Crippen LogP contribution in [0.25, 0.3) is 22.5 Å². The molecular formula is C21H22N6O3. The first-order valence-corrected chi connectivity index (χ1v) is 9.51. The monoisotopic (exact) mass is 406 g/mol. The molecule has 4 rings (SSSR count). The molecule has 9 nitrogen and oxygen atoms in total. The molecule has 154 valence electrons. The van der Waals surface area contributed by atoms with Gasteiger partial charge in [0.05, 0.1) is 12.5 Å². The molecule has 0 aliphatic carbocycles. The number of aryl methyl sites for hydroxylation is 3. The number of pyridine rings is 1. The van der Waals surface area contributed by atoms with Gasteiger partial charge in [-0.1, -0.05) is 0 Å². The number of amides is 1. The summed E-state index contributed by atoms with van der Waals surface area (Å²) in [4.78, 5) is 17.2. The smallest absolute Gasteiger partial charge is 0.247 e. The van der Waals surface area contributed by atoms with Crippen molar-refractivity contribution in [3.05, 3.63) is 47.5 Å². The maximum absolute atomic E-state index is 12.5. The first-order valence-electron chi connectivity index (χ1n) is 9.51. The first-order chi connectivity index (χ1) is 14.5. The molecule has 0 bridgehead atoms. The highest BCUT2D eigenvalue weighted by Gasteiger charge is 2.18. The highest BCUT2D eigenvalue weighted by Crippen LogP contribution is 2.30. The average Bonchev–Trinajstić information content (AvgIpc) is 3.37. The van der Waals surface area contributed by atoms with Gasteiger partial charge in [-0.05, 0) is 55.7 Å². The molecule has 0 aliphatic heterocycles. The van der Waals surface area contributed by atoms with E-state index in [-0.39, 0.29) is 5.91 Å². The largest absolute Gasteiger partial charge is 0.479 e. The summed E-state index contributed by atoms with van der Waals surface area (Å²) in [7, 11) is 3.44. The number of carbonyl (C=O) groups excluding carboxylic acids is 1. The van der Waals surface area contributed by atoms with Gasteiger partial charge < -0.3 is 14.5 Å². The van der Waals surface area contributed by atoms with E-state index in [0.717, 1.165) is 33.4 Å². The molecule has 4 aromatic rings. The van der Waals surface area contributed by atoms with Crippen LogP contribution < -0.4 is 10.1 Å². The number of methoxy groups -OCH3 is 1. The quantitative estimate of drug-likeness (QED) is 0.524. The Hall–Kier alpha value is -3.75. The third-order valence-electron chi connectivity index (χ3n) is 5.09. The maximum atomic E-state index is 12.5. The van der Waals surface area contributed by atoms with Gasteiger partial charge in [-0.3, -0.25) is 4.79 Å². The first kappa shape index (κ1) is 19.6. The second-order valence-electron chi connectivity index (χ2n) is 7.00. The Balaban J connectivity index is 1.47. The van der Waals surface area contributed by atoms with Crippen LogP contribution in [0.2, 0.25) is 0 Å². The third kappa shape index (κ3) is 3.61. The number of ether oxygens (including phenoxy) is 1. The fourth-order valence-electron chi connectivity index (χ4n) is 3.56. The van der Waals surface area contributed by atoms with Gasteiger partial charge in [-0.25, -0.2) is 9.67 Å². The van der Waals surface area contributed by atoms with Crippen LogP contribution >= 0.6 is 0 Å². The molecule has 0 aliphatic rings. The van der Waals surface area contributed by atoms with E-state index in [4.69, 9.17) is 9.15 Å². The Bertz CT molecular complexity index is 1200. The van der Waals surface area contributed by atoms with Crippen molar-refractivity contribution in [3.8, 4) is 17.3 Å². The predicted octanol–water partition coefficient (Wildman–Crippen LogP) is 3.22. The fraction of sp³-hybridized carbons (Fsp3) is 0.286. The van der Waals surface area contributed by atoms with E-state index in [2.05, 4.69) is 25.6 Å². The molecule has 3 heterocycles. The number of nitrogens with zero attached hydrogens (tertiary/aromatic N) is 5. The molecule has 3 aromatic heterocycles. The fourth-order valence-corrected chi connectivity index (χ4v) is 3.56. The average molecular weight is 406 g/mol. The third-order valence-corrected chi connectivity index (χ3v) is 5.09. The van der Waals surface area contributed by atoms with Gasteiger partial charge in [0, 0.05) is 30.4 Å². The molecular weight excluding hydrogens is 384 g/mol. The van der Waals surface area contributed by atoms with Gasteiger partial charge >= 0.3 is 0 Å². The minimum absolute atomic E-state index is 0.0717. The van der Waals surface area contributed by atoms with Crippen LogP contribution in [0, 0.1) is 13.8 Å². The molecule has 0 unspecified atom stereocenters. The lowest BCUT2D eigenvalue weighted by atomic mass is 10.00. The standard InChI is InChI=1S/C21H22N6O3/c1-12-16(13(2)23-19-18(12)21(29-4)26-27(19)3)9-10-17(28)24-15-7-5-14(6-8-15)20-25-22-11-30-20/h5-8,11H,9-10H2,1-4H3,(H,24,28). The van der Waals surface area contributed by atoms with E-state index in [1.165, 1.54) is 6.39 Å². The van der Waals surface area contributed by atoms with Crippen molar-refractivity contribution in [3.63, 3.8) is 0 Å². The molecule has 0 spiro atoms. The number of hydrogen-bond acceptors (Lipinski definition) is 7. The van der Waals surface area contributed by atoms with Crippen molar-refractivity contribution < 1.29 is 13.9 Å². The highest BCUT2D eigenvalue weighted by molar-refractivity contribution is 5.91. The van der Waals surface area contributed by atoms with Crippen molar-refractivity contribution in [2.45, 2.75) is 26.7 Å². The van der Waals surface area contributed by atoms with Crippen LogP contribution in [0.5, 0.6) is 5.88 Å². The second-order valence-corrected chi connectivity index (χ2v) is 7.00. The van der Waals surface area contributed by atoms with Crippen molar-refractivity contribution >= 4 is 22.6 Å². The van der Waals surface area contributed by atoms with Crippen LogP contribution in [0.3, 0.4) is 0 Å². The molecule has 0 atom stereocenters. The summed E-state index contributed by atoms with van der Waals surface area (Å²) < 4.78 is 12.3. The van der Waals surface area contributed by atoms with Crippen LogP contribution in [-0.4, -0.2) is 38.0 Å². The van der Waals surface area contributed by atoms with E-state index in [9.17, 15) is 4.79 Å². The SMILES string of the molecule is COc1nn(C)c2nc(C)c(CCC(=O)Nc3ccc(-c4nnco4)cc3)c(C)c12. The summed E-state index contributed by atoms with van der Waals surface area (Å²) in [6, 6.07) is 7.26. The Morgan fingerprint density at radius 3 is 2.67 bits per heavy atom. The predicted molar refractivity (Wildman–Crippen MR) is 111 cm³/mol. The number of hydrogen-bond donors (Lipinski definition) is 1. The summed E-state index contributed by atoms with van der Waals surface area (Å²) in [5.74, 6) is 0.912. The van der Waals surface area contributed by atoms with Crippen LogP contribution in [0.4, 0.5) is 5.69 Å². The number of carbonyl (C=O) groups is 1. The normalized spacial score (nSPS) is 11.1. The van der Waals surface area contributed by atoms with Crippen molar-refractivity contribution in [2.24, 2.45) is 7.05 Å². The number of nitrogens with one attached hydrogen (secondary N) is 1. The van der Waals surface area contributed by atoms with Gasteiger partial charge in [0.15, 0.2) is 5.65 Å². The molecule has 1 amide bonds. The summed E-state index contributed by atoms with van der Waals surface area (Å²) >= 11 is 0. The molecule has 1 aromatic carbocycles. The minimum Gasteiger partial charge on any atom is -0.479 e. The lowest BCUT2D eigenvalue weighted by Gasteiger charge is -2.11. The Labute approximate surface area is 173 Å². The zero-order chi connectivity index (χ0) is 21.3. The van der Waals surface area contributed by atoms with Gasteiger partial charge in [0.2, 0.25) is 24.1 Å². The number of benzene rings is 1. The lowest BCUT2D eigenvalue weighted by Crippen LogP contribution is -2.13. The molecule has 0 saturated carbocycles. The van der Waals surface area contributed by atoms with Crippen molar-refractivity contribution in [1.82, 2.24) is 25.0 Å². The molecule has 0 saturated heterocycles. The van der Waals surface area contributed by atoms with Crippen LogP contribution in [0.1, 0.15) is 23.2 Å². The Morgan fingerprint density at radius 2 is 2.00 bits per heavy atom. The Morgan fingerprint density at radius 1 is 1.23 bits per heavy atom. The summed E-state index contributed by atoms with van der Waals surface area (Å²) in [6.07, 6.45) is 2.19. The summed E-state index contributed by atoms with van der Waals surface area (Å²) in [5, 5.41) is 15.7. The molecule has 0 radical (unpaired) electrons. The van der Waals surface area contributed by atoms with Crippen LogP contribution in [-0.2, 0) is 18.3 Å². The topological polar surface area (TPSA) is 108 Å². The van der Waals surface area contributed by atoms with Gasteiger partial charge in [0.25, 0.3) is 0 Å². The van der Waals surface area contributed by atoms with Crippen LogP contribution in [0.15, 0.2) is 35.1 Å². The minimum atomic E-state index is -0.0717.